The van der Waals surface area contributed by atoms with Crippen molar-refractivity contribution < 1.29 is 9.53 Å². The third kappa shape index (κ3) is 5.83. The Bertz CT molecular complexity index is 324. The highest BCUT2D eigenvalue weighted by molar-refractivity contribution is 5.68. The van der Waals surface area contributed by atoms with E-state index in [4.69, 9.17) is 10.5 Å². The maximum atomic E-state index is 12.2. The van der Waals surface area contributed by atoms with Crippen LogP contribution in [0, 0.1) is 5.92 Å². The minimum Gasteiger partial charge on any atom is -0.444 e. The number of amides is 1. The molecule has 0 radical (unpaired) electrons. The van der Waals surface area contributed by atoms with Gasteiger partial charge in [0.15, 0.2) is 0 Å². The molecule has 0 saturated carbocycles. The first-order valence-electron chi connectivity index (χ1n) is 8.22. The summed E-state index contributed by atoms with van der Waals surface area (Å²) in [7, 11) is 0. The molecule has 1 saturated heterocycles. The van der Waals surface area contributed by atoms with Gasteiger partial charge in [-0.25, -0.2) is 4.79 Å². The summed E-state index contributed by atoms with van der Waals surface area (Å²) in [4.78, 5) is 16.4. The van der Waals surface area contributed by atoms with Gasteiger partial charge in [-0.3, -0.25) is 4.90 Å². The molecule has 124 valence electrons. The van der Waals surface area contributed by atoms with Crippen LogP contribution in [-0.4, -0.2) is 60.3 Å². The van der Waals surface area contributed by atoms with E-state index in [0.29, 0.717) is 19.0 Å². The van der Waals surface area contributed by atoms with Crippen LogP contribution < -0.4 is 5.73 Å². The number of nitrogens with two attached hydrogens (primary N) is 1. The second kappa shape index (κ2) is 7.99. The van der Waals surface area contributed by atoms with Gasteiger partial charge in [0.1, 0.15) is 5.60 Å². The van der Waals surface area contributed by atoms with Crippen LogP contribution in [0.25, 0.3) is 0 Å². The second-order valence-electron chi connectivity index (χ2n) is 6.99. The fourth-order valence-corrected chi connectivity index (χ4v) is 2.73. The van der Waals surface area contributed by atoms with Crippen LogP contribution in [0.2, 0.25) is 0 Å². The summed E-state index contributed by atoms with van der Waals surface area (Å²) in [5, 5.41) is 0. The number of hydrogen-bond donors (Lipinski definition) is 1. The SMILES string of the molecule is CCC(CC)CN1CCN(C(=O)OC(C)(C)C)CC1CN. The van der Waals surface area contributed by atoms with Gasteiger partial charge in [-0.2, -0.15) is 0 Å². The first-order chi connectivity index (χ1) is 9.80. The summed E-state index contributed by atoms with van der Waals surface area (Å²) in [5.74, 6) is 0.715. The number of nitrogens with zero attached hydrogens (tertiary/aromatic N) is 2. The van der Waals surface area contributed by atoms with Gasteiger partial charge >= 0.3 is 6.09 Å². The molecule has 0 aromatic heterocycles. The third-order valence-corrected chi connectivity index (χ3v) is 4.18. The highest BCUT2D eigenvalue weighted by atomic mass is 16.6. The summed E-state index contributed by atoms with van der Waals surface area (Å²) in [6.45, 7) is 14.1. The van der Waals surface area contributed by atoms with E-state index < -0.39 is 5.60 Å². The van der Waals surface area contributed by atoms with Gasteiger partial charge < -0.3 is 15.4 Å². The van der Waals surface area contributed by atoms with Crippen LogP contribution in [0.4, 0.5) is 4.79 Å². The summed E-state index contributed by atoms with van der Waals surface area (Å²) in [6.07, 6.45) is 2.17. The number of rotatable bonds is 5. The molecule has 0 bridgehead atoms. The number of hydrogen-bond acceptors (Lipinski definition) is 4. The average molecular weight is 299 g/mol. The highest BCUT2D eigenvalue weighted by Gasteiger charge is 2.31. The van der Waals surface area contributed by atoms with Gasteiger partial charge in [-0.05, 0) is 26.7 Å². The van der Waals surface area contributed by atoms with Gasteiger partial charge in [0.05, 0.1) is 0 Å². The topological polar surface area (TPSA) is 58.8 Å². The molecule has 2 N–H and O–H groups in total. The molecule has 0 aromatic rings. The molecule has 0 aromatic carbocycles. The molecular weight excluding hydrogens is 266 g/mol. The minimum absolute atomic E-state index is 0.219. The van der Waals surface area contributed by atoms with E-state index in [2.05, 4.69) is 18.7 Å². The fourth-order valence-electron chi connectivity index (χ4n) is 2.73. The Hall–Kier alpha value is -0.810. The maximum absolute atomic E-state index is 12.2. The van der Waals surface area contributed by atoms with Crippen molar-refractivity contribution in [1.29, 1.82) is 0 Å². The van der Waals surface area contributed by atoms with Crippen LogP contribution in [0.1, 0.15) is 47.5 Å². The van der Waals surface area contributed by atoms with Gasteiger partial charge in [0.25, 0.3) is 0 Å². The van der Waals surface area contributed by atoms with Crippen LogP contribution in [0.15, 0.2) is 0 Å². The van der Waals surface area contributed by atoms with Crippen molar-refractivity contribution in [2.75, 3.05) is 32.7 Å². The van der Waals surface area contributed by atoms with Crippen LogP contribution >= 0.6 is 0 Å². The van der Waals surface area contributed by atoms with E-state index in [0.717, 1.165) is 19.6 Å². The van der Waals surface area contributed by atoms with E-state index >= 15 is 0 Å². The maximum Gasteiger partial charge on any atom is 0.410 e. The Morgan fingerprint density at radius 1 is 1.29 bits per heavy atom. The van der Waals surface area contributed by atoms with E-state index in [1.807, 2.05) is 20.8 Å². The normalized spacial score (nSPS) is 20.9. The van der Waals surface area contributed by atoms with Crippen molar-refractivity contribution in [2.24, 2.45) is 11.7 Å². The van der Waals surface area contributed by atoms with Gasteiger partial charge in [0, 0.05) is 38.8 Å². The Balaban J connectivity index is 2.58. The molecule has 1 amide bonds. The number of carbonyl (C=O) groups is 1. The van der Waals surface area contributed by atoms with Gasteiger partial charge in [-0.1, -0.05) is 26.7 Å². The second-order valence-corrected chi connectivity index (χ2v) is 6.99. The van der Waals surface area contributed by atoms with Crippen molar-refractivity contribution in [1.82, 2.24) is 9.80 Å². The summed E-state index contributed by atoms with van der Waals surface area (Å²) in [5.41, 5.74) is 5.48. The fraction of sp³-hybridized carbons (Fsp3) is 0.938. The number of ether oxygens (including phenoxy) is 1. The molecule has 1 rings (SSSR count). The zero-order valence-corrected chi connectivity index (χ0v) is 14.4. The molecule has 1 heterocycles. The molecule has 1 aliphatic heterocycles. The first-order valence-corrected chi connectivity index (χ1v) is 8.22. The summed E-state index contributed by atoms with van der Waals surface area (Å²) in [6, 6.07) is 0.242. The average Bonchev–Trinajstić information content (AvgIpc) is 2.42. The molecule has 1 aliphatic rings. The minimum atomic E-state index is -0.443. The van der Waals surface area contributed by atoms with E-state index in [9.17, 15) is 4.79 Å². The molecule has 1 unspecified atom stereocenters. The predicted octanol–water partition coefficient (Wildman–Crippen LogP) is 2.30. The lowest BCUT2D eigenvalue weighted by molar-refractivity contribution is 0.00230. The highest BCUT2D eigenvalue weighted by Crippen LogP contribution is 2.18. The van der Waals surface area contributed by atoms with Gasteiger partial charge in [-0.15, -0.1) is 0 Å². The zero-order chi connectivity index (χ0) is 16.0. The Morgan fingerprint density at radius 2 is 1.90 bits per heavy atom. The lowest BCUT2D eigenvalue weighted by Crippen LogP contribution is -2.58. The molecular formula is C16H33N3O2. The van der Waals surface area contributed by atoms with Crippen LogP contribution in [0.3, 0.4) is 0 Å². The van der Waals surface area contributed by atoms with Crippen molar-refractivity contribution >= 4 is 6.09 Å². The van der Waals surface area contributed by atoms with Crippen molar-refractivity contribution in [3.05, 3.63) is 0 Å². The predicted molar refractivity (Wildman–Crippen MR) is 86.3 cm³/mol. The van der Waals surface area contributed by atoms with Gasteiger partial charge in [0.2, 0.25) is 0 Å². The monoisotopic (exact) mass is 299 g/mol. The summed E-state index contributed by atoms with van der Waals surface area (Å²) < 4.78 is 5.46. The van der Waals surface area contributed by atoms with Crippen LogP contribution in [-0.2, 0) is 4.74 Å². The molecule has 1 atom stereocenters. The first kappa shape index (κ1) is 18.2. The molecule has 0 aliphatic carbocycles. The van der Waals surface area contributed by atoms with Crippen molar-refractivity contribution in [3.8, 4) is 0 Å². The van der Waals surface area contributed by atoms with Crippen LogP contribution in [0.5, 0.6) is 0 Å². The lowest BCUT2D eigenvalue weighted by Gasteiger charge is -2.42. The molecule has 5 heteroatoms. The standard InChI is InChI=1S/C16H33N3O2/c1-6-13(7-2)11-18-8-9-19(12-14(18)10-17)15(20)21-16(3,4)5/h13-14H,6-12,17H2,1-5H3. The van der Waals surface area contributed by atoms with E-state index in [1.165, 1.54) is 12.8 Å². The van der Waals surface area contributed by atoms with E-state index in [1.54, 1.807) is 4.90 Å². The largest absolute Gasteiger partial charge is 0.444 e. The number of piperazine rings is 1. The molecule has 1 fully saturated rings. The Labute approximate surface area is 129 Å². The third-order valence-electron chi connectivity index (χ3n) is 4.18. The summed E-state index contributed by atoms with van der Waals surface area (Å²) >= 11 is 0. The quantitative estimate of drug-likeness (QED) is 0.846. The molecule has 5 nitrogen and oxygen atoms in total. The van der Waals surface area contributed by atoms with Crippen molar-refractivity contribution in [3.63, 3.8) is 0 Å². The smallest absolute Gasteiger partial charge is 0.410 e. The lowest BCUT2D eigenvalue weighted by atomic mass is 10.0. The molecule has 0 spiro atoms. The van der Waals surface area contributed by atoms with Crippen molar-refractivity contribution in [2.45, 2.75) is 59.1 Å². The molecule has 21 heavy (non-hydrogen) atoms. The Kier molecular flexibility index (Phi) is 6.94. The Morgan fingerprint density at radius 3 is 2.38 bits per heavy atom. The number of carbonyl (C=O) groups excluding carboxylic acids is 1. The zero-order valence-electron chi connectivity index (χ0n) is 14.4. The van der Waals surface area contributed by atoms with E-state index in [-0.39, 0.29) is 12.1 Å².